The SMILES string of the molecule is CCN(CC)c1ccc(Nc2nncc(NCc3ccccc3C)n2)cc1. The molecule has 0 bridgehead atoms. The molecule has 0 saturated carbocycles. The Morgan fingerprint density at radius 2 is 1.70 bits per heavy atom. The maximum absolute atomic E-state index is 4.50. The van der Waals surface area contributed by atoms with Gasteiger partial charge in [0.25, 0.3) is 0 Å². The van der Waals surface area contributed by atoms with Gasteiger partial charge in [-0.2, -0.15) is 10.1 Å². The van der Waals surface area contributed by atoms with Gasteiger partial charge in [0, 0.05) is 31.0 Å². The third-order valence-electron chi connectivity index (χ3n) is 4.53. The van der Waals surface area contributed by atoms with Crippen molar-refractivity contribution in [3.63, 3.8) is 0 Å². The molecule has 2 N–H and O–H groups in total. The van der Waals surface area contributed by atoms with Gasteiger partial charge >= 0.3 is 0 Å². The quantitative estimate of drug-likeness (QED) is 0.620. The summed E-state index contributed by atoms with van der Waals surface area (Å²) in [4.78, 5) is 6.80. The summed E-state index contributed by atoms with van der Waals surface area (Å²) in [7, 11) is 0. The van der Waals surface area contributed by atoms with Gasteiger partial charge in [0.15, 0.2) is 5.82 Å². The highest BCUT2D eigenvalue weighted by atomic mass is 15.3. The molecule has 0 aliphatic rings. The van der Waals surface area contributed by atoms with Crippen molar-refractivity contribution in [1.29, 1.82) is 0 Å². The summed E-state index contributed by atoms with van der Waals surface area (Å²) >= 11 is 0. The lowest BCUT2D eigenvalue weighted by molar-refractivity contribution is 0.866. The van der Waals surface area contributed by atoms with Crippen LogP contribution in [0.1, 0.15) is 25.0 Å². The van der Waals surface area contributed by atoms with Crippen LogP contribution in [0.3, 0.4) is 0 Å². The lowest BCUT2D eigenvalue weighted by Gasteiger charge is -2.21. The van der Waals surface area contributed by atoms with Crippen LogP contribution >= 0.6 is 0 Å². The largest absolute Gasteiger partial charge is 0.372 e. The van der Waals surface area contributed by atoms with Crippen LogP contribution in [0.5, 0.6) is 0 Å². The molecule has 3 aromatic rings. The van der Waals surface area contributed by atoms with E-state index in [0.29, 0.717) is 18.3 Å². The molecule has 27 heavy (non-hydrogen) atoms. The third kappa shape index (κ3) is 4.94. The molecule has 1 aromatic heterocycles. The highest BCUT2D eigenvalue weighted by Gasteiger charge is 2.05. The van der Waals surface area contributed by atoms with E-state index >= 15 is 0 Å². The van der Waals surface area contributed by atoms with E-state index in [1.54, 1.807) is 6.20 Å². The van der Waals surface area contributed by atoms with E-state index in [2.05, 4.69) is 75.8 Å². The monoisotopic (exact) mass is 362 g/mol. The van der Waals surface area contributed by atoms with E-state index in [4.69, 9.17) is 0 Å². The highest BCUT2D eigenvalue weighted by Crippen LogP contribution is 2.20. The predicted octanol–water partition coefficient (Wildman–Crippen LogP) is 4.38. The average Bonchev–Trinajstić information content (AvgIpc) is 2.70. The lowest BCUT2D eigenvalue weighted by atomic mass is 10.1. The zero-order chi connectivity index (χ0) is 19.1. The number of benzene rings is 2. The molecule has 0 saturated heterocycles. The van der Waals surface area contributed by atoms with Crippen LogP contribution in [0.2, 0.25) is 0 Å². The molecule has 6 nitrogen and oxygen atoms in total. The van der Waals surface area contributed by atoms with Crippen molar-refractivity contribution < 1.29 is 0 Å². The molecule has 2 aromatic carbocycles. The van der Waals surface area contributed by atoms with Gasteiger partial charge in [-0.3, -0.25) is 0 Å². The topological polar surface area (TPSA) is 66.0 Å². The van der Waals surface area contributed by atoms with Crippen molar-refractivity contribution in [3.8, 4) is 0 Å². The number of aryl methyl sites for hydroxylation is 1. The second-order valence-electron chi connectivity index (χ2n) is 6.29. The number of rotatable bonds is 8. The van der Waals surface area contributed by atoms with E-state index < -0.39 is 0 Å². The molecule has 0 aliphatic carbocycles. The van der Waals surface area contributed by atoms with Crippen LogP contribution in [0.4, 0.5) is 23.1 Å². The van der Waals surface area contributed by atoms with Gasteiger partial charge in [-0.1, -0.05) is 24.3 Å². The first kappa shape index (κ1) is 18.6. The van der Waals surface area contributed by atoms with Gasteiger partial charge in [-0.05, 0) is 56.2 Å². The molecule has 0 spiro atoms. The van der Waals surface area contributed by atoms with Crippen molar-refractivity contribution in [2.24, 2.45) is 0 Å². The normalized spacial score (nSPS) is 10.5. The molecule has 3 rings (SSSR count). The number of aromatic nitrogens is 3. The molecule has 140 valence electrons. The van der Waals surface area contributed by atoms with Crippen LogP contribution < -0.4 is 15.5 Å². The van der Waals surface area contributed by atoms with Crippen molar-refractivity contribution in [2.75, 3.05) is 28.6 Å². The minimum Gasteiger partial charge on any atom is -0.372 e. The van der Waals surface area contributed by atoms with Crippen LogP contribution in [0.15, 0.2) is 54.7 Å². The van der Waals surface area contributed by atoms with Gasteiger partial charge in [0.05, 0.1) is 6.20 Å². The van der Waals surface area contributed by atoms with Crippen molar-refractivity contribution in [3.05, 3.63) is 65.9 Å². The molecular weight excluding hydrogens is 336 g/mol. The first-order chi connectivity index (χ1) is 13.2. The number of anilines is 4. The zero-order valence-corrected chi connectivity index (χ0v) is 16.1. The summed E-state index contributed by atoms with van der Waals surface area (Å²) < 4.78 is 0. The minimum absolute atomic E-state index is 0.473. The number of nitrogens with one attached hydrogen (secondary N) is 2. The summed E-state index contributed by atoms with van der Waals surface area (Å²) in [5, 5.41) is 14.6. The fourth-order valence-electron chi connectivity index (χ4n) is 2.91. The Morgan fingerprint density at radius 3 is 2.41 bits per heavy atom. The van der Waals surface area contributed by atoms with Crippen molar-refractivity contribution in [2.45, 2.75) is 27.3 Å². The molecule has 0 unspecified atom stereocenters. The standard InChI is InChI=1S/C21H26N6/c1-4-27(5-2)19-12-10-18(11-13-19)24-21-25-20(15-23-26-21)22-14-17-9-7-6-8-16(17)3/h6-13,15H,4-5,14H2,1-3H3,(H2,22,24,25,26). The molecule has 0 fully saturated rings. The van der Waals surface area contributed by atoms with Crippen molar-refractivity contribution >= 4 is 23.1 Å². The Hall–Kier alpha value is -3.15. The molecule has 0 aliphatic heterocycles. The van der Waals surface area contributed by atoms with Crippen LogP contribution in [-0.2, 0) is 6.54 Å². The maximum Gasteiger partial charge on any atom is 0.249 e. The summed E-state index contributed by atoms with van der Waals surface area (Å²) in [6.45, 7) is 9.10. The lowest BCUT2D eigenvalue weighted by Crippen LogP contribution is -2.21. The smallest absolute Gasteiger partial charge is 0.249 e. The molecule has 0 atom stereocenters. The Bertz CT molecular complexity index is 859. The first-order valence-electron chi connectivity index (χ1n) is 9.29. The fraction of sp³-hybridized carbons (Fsp3) is 0.286. The molecule has 0 amide bonds. The number of nitrogens with zero attached hydrogens (tertiary/aromatic N) is 4. The number of hydrogen-bond donors (Lipinski definition) is 2. The van der Waals surface area contributed by atoms with Crippen LogP contribution in [-0.4, -0.2) is 28.3 Å². The van der Waals surface area contributed by atoms with E-state index in [1.165, 1.54) is 16.8 Å². The summed E-state index contributed by atoms with van der Waals surface area (Å²) in [6.07, 6.45) is 1.63. The first-order valence-corrected chi connectivity index (χ1v) is 9.29. The van der Waals surface area contributed by atoms with E-state index in [0.717, 1.165) is 18.8 Å². The summed E-state index contributed by atoms with van der Waals surface area (Å²) in [5.41, 5.74) is 4.62. The maximum atomic E-state index is 4.50. The van der Waals surface area contributed by atoms with E-state index in [9.17, 15) is 0 Å². The fourth-order valence-corrected chi connectivity index (χ4v) is 2.91. The van der Waals surface area contributed by atoms with Gasteiger partial charge in [0.2, 0.25) is 5.95 Å². The predicted molar refractivity (Wildman–Crippen MR) is 112 cm³/mol. The van der Waals surface area contributed by atoms with Gasteiger partial charge in [0.1, 0.15) is 0 Å². The Labute approximate surface area is 160 Å². The Balaban J connectivity index is 1.64. The Kier molecular flexibility index (Phi) is 6.20. The van der Waals surface area contributed by atoms with Crippen LogP contribution in [0.25, 0.3) is 0 Å². The minimum atomic E-state index is 0.473. The zero-order valence-electron chi connectivity index (χ0n) is 16.1. The second kappa shape index (κ2) is 8.98. The van der Waals surface area contributed by atoms with Crippen LogP contribution in [0, 0.1) is 6.92 Å². The average molecular weight is 362 g/mol. The second-order valence-corrected chi connectivity index (χ2v) is 6.29. The summed E-state index contributed by atoms with van der Waals surface area (Å²) in [5.74, 6) is 1.16. The van der Waals surface area contributed by atoms with Gasteiger partial charge < -0.3 is 15.5 Å². The Morgan fingerprint density at radius 1 is 0.963 bits per heavy atom. The molecule has 0 radical (unpaired) electrons. The van der Waals surface area contributed by atoms with E-state index in [-0.39, 0.29) is 0 Å². The van der Waals surface area contributed by atoms with Crippen molar-refractivity contribution in [1.82, 2.24) is 15.2 Å². The highest BCUT2D eigenvalue weighted by molar-refractivity contribution is 5.59. The van der Waals surface area contributed by atoms with E-state index in [1.807, 2.05) is 24.3 Å². The molecular formula is C21H26N6. The third-order valence-corrected chi connectivity index (χ3v) is 4.53. The number of hydrogen-bond acceptors (Lipinski definition) is 6. The molecule has 6 heteroatoms. The van der Waals surface area contributed by atoms with Gasteiger partial charge in [-0.15, -0.1) is 5.10 Å². The molecule has 1 heterocycles. The summed E-state index contributed by atoms with van der Waals surface area (Å²) in [6, 6.07) is 16.5. The van der Waals surface area contributed by atoms with Gasteiger partial charge in [-0.25, -0.2) is 0 Å².